The van der Waals surface area contributed by atoms with Crippen LogP contribution in [0.15, 0.2) is 30.3 Å². The van der Waals surface area contributed by atoms with Crippen LogP contribution in [0.4, 0.5) is 0 Å². The number of rotatable bonds is 6. The number of carbonyl (C=O) groups is 3. The van der Waals surface area contributed by atoms with Crippen molar-refractivity contribution in [3.63, 3.8) is 0 Å². The molecule has 0 spiro atoms. The Morgan fingerprint density at radius 2 is 2.00 bits per heavy atom. The number of hydrogen-bond acceptors (Lipinski definition) is 4. The van der Waals surface area contributed by atoms with Gasteiger partial charge in [-0.3, -0.25) is 14.4 Å². The van der Waals surface area contributed by atoms with Crippen molar-refractivity contribution in [3.05, 3.63) is 35.9 Å². The average Bonchev–Trinajstić information content (AvgIpc) is 3.24. The van der Waals surface area contributed by atoms with Gasteiger partial charge in [-0.05, 0) is 32.3 Å². The number of nitrogens with zero attached hydrogens (tertiary/aromatic N) is 2. The molecule has 1 aromatic carbocycles. The summed E-state index contributed by atoms with van der Waals surface area (Å²) in [6.45, 7) is 6.00. The molecule has 0 saturated carbocycles. The van der Waals surface area contributed by atoms with Crippen molar-refractivity contribution in [2.24, 2.45) is 11.3 Å². The molecule has 27 heavy (non-hydrogen) atoms. The standard InChI is InChI=1S/C21H28N2O4/c1-3-27-20(26)21(2)10-12-23(15-21)19(25)17-13-18(24)22(14-17)11-9-16-7-5-4-6-8-16/h4-8,17H,3,9-15H2,1-2H3/t17-,21-/m1/s1. The van der Waals surface area contributed by atoms with E-state index >= 15 is 0 Å². The van der Waals surface area contributed by atoms with E-state index in [0.29, 0.717) is 39.2 Å². The summed E-state index contributed by atoms with van der Waals surface area (Å²) in [6.07, 6.45) is 1.66. The monoisotopic (exact) mass is 372 g/mol. The maximum atomic E-state index is 12.9. The molecule has 2 fully saturated rings. The number of carbonyl (C=O) groups excluding carboxylic acids is 3. The zero-order valence-corrected chi connectivity index (χ0v) is 16.1. The molecule has 2 amide bonds. The van der Waals surface area contributed by atoms with E-state index in [1.54, 1.807) is 16.7 Å². The van der Waals surface area contributed by atoms with Crippen molar-refractivity contribution in [2.75, 3.05) is 32.8 Å². The molecule has 146 valence electrons. The van der Waals surface area contributed by atoms with Crippen molar-refractivity contribution in [1.29, 1.82) is 0 Å². The smallest absolute Gasteiger partial charge is 0.313 e. The summed E-state index contributed by atoms with van der Waals surface area (Å²) in [5.74, 6) is -0.527. The van der Waals surface area contributed by atoms with Crippen molar-refractivity contribution in [2.45, 2.75) is 33.1 Å². The van der Waals surface area contributed by atoms with Crippen molar-refractivity contribution < 1.29 is 19.1 Å². The van der Waals surface area contributed by atoms with Crippen molar-refractivity contribution in [1.82, 2.24) is 9.80 Å². The van der Waals surface area contributed by atoms with E-state index in [9.17, 15) is 14.4 Å². The topological polar surface area (TPSA) is 66.9 Å². The number of likely N-dealkylation sites (tertiary alicyclic amines) is 2. The summed E-state index contributed by atoms with van der Waals surface area (Å²) in [5.41, 5.74) is 0.547. The molecule has 2 heterocycles. The zero-order chi connectivity index (χ0) is 19.4. The van der Waals surface area contributed by atoms with Gasteiger partial charge >= 0.3 is 5.97 Å². The minimum absolute atomic E-state index is 0.0152. The number of hydrogen-bond donors (Lipinski definition) is 0. The van der Waals surface area contributed by atoms with Crippen LogP contribution in [-0.2, 0) is 25.5 Å². The minimum atomic E-state index is -0.638. The maximum absolute atomic E-state index is 12.9. The summed E-state index contributed by atoms with van der Waals surface area (Å²) in [6, 6.07) is 10.0. The molecule has 1 aromatic rings. The van der Waals surface area contributed by atoms with Crippen molar-refractivity contribution >= 4 is 17.8 Å². The van der Waals surface area contributed by atoms with E-state index < -0.39 is 5.41 Å². The van der Waals surface area contributed by atoms with Gasteiger partial charge in [0.05, 0.1) is 17.9 Å². The predicted octanol–water partition coefficient (Wildman–Crippen LogP) is 1.88. The maximum Gasteiger partial charge on any atom is 0.313 e. The van der Waals surface area contributed by atoms with E-state index in [-0.39, 0.29) is 30.1 Å². The Balaban J connectivity index is 1.54. The first-order valence-corrected chi connectivity index (χ1v) is 9.70. The third kappa shape index (κ3) is 4.31. The van der Waals surface area contributed by atoms with Gasteiger partial charge in [0.2, 0.25) is 11.8 Å². The minimum Gasteiger partial charge on any atom is -0.466 e. The number of ether oxygens (including phenoxy) is 1. The van der Waals surface area contributed by atoms with Crippen LogP contribution in [0, 0.1) is 11.3 Å². The van der Waals surface area contributed by atoms with Crippen LogP contribution in [0.3, 0.4) is 0 Å². The molecule has 2 saturated heterocycles. The molecule has 0 aliphatic carbocycles. The second-order valence-corrected chi connectivity index (χ2v) is 7.77. The molecular weight excluding hydrogens is 344 g/mol. The molecule has 6 heteroatoms. The lowest BCUT2D eigenvalue weighted by atomic mass is 9.90. The van der Waals surface area contributed by atoms with Crippen LogP contribution in [0.1, 0.15) is 32.3 Å². The highest BCUT2D eigenvalue weighted by Gasteiger charge is 2.45. The van der Waals surface area contributed by atoms with Crippen LogP contribution in [-0.4, -0.2) is 60.4 Å². The van der Waals surface area contributed by atoms with Crippen LogP contribution in [0.5, 0.6) is 0 Å². The summed E-state index contributed by atoms with van der Waals surface area (Å²) < 4.78 is 5.15. The summed E-state index contributed by atoms with van der Waals surface area (Å²) in [4.78, 5) is 40.9. The Kier molecular flexibility index (Phi) is 5.82. The van der Waals surface area contributed by atoms with Gasteiger partial charge in [-0.25, -0.2) is 0 Å². The average molecular weight is 372 g/mol. The van der Waals surface area contributed by atoms with E-state index in [1.165, 1.54) is 5.56 Å². The fraction of sp³-hybridized carbons (Fsp3) is 0.571. The fourth-order valence-electron chi connectivity index (χ4n) is 3.94. The lowest BCUT2D eigenvalue weighted by Gasteiger charge is -2.24. The lowest BCUT2D eigenvalue weighted by Crippen LogP contribution is -2.39. The normalized spacial score (nSPS) is 25.1. The summed E-state index contributed by atoms with van der Waals surface area (Å²) in [7, 11) is 0. The quantitative estimate of drug-likeness (QED) is 0.715. The van der Waals surface area contributed by atoms with Gasteiger partial charge in [-0.15, -0.1) is 0 Å². The third-order valence-corrected chi connectivity index (χ3v) is 5.63. The largest absolute Gasteiger partial charge is 0.466 e. The fourth-order valence-corrected chi connectivity index (χ4v) is 3.94. The molecule has 2 atom stereocenters. The number of benzene rings is 1. The second kappa shape index (κ2) is 8.11. The Labute approximate surface area is 160 Å². The Hall–Kier alpha value is -2.37. The Morgan fingerprint density at radius 3 is 2.70 bits per heavy atom. The third-order valence-electron chi connectivity index (χ3n) is 5.63. The van der Waals surface area contributed by atoms with Gasteiger partial charge in [0.15, 0.2) is 0 Å². The van der Waals surface area contributed by atoms with Crippen molar-refractivity contribution in [3.8, 4) is 0 Å². The highest BCUT2D eigenvalue weighted by molar-refractivity contribution is 5.90. The van der Waals surface area contributed by atoms with Crippen LogP contribution < -0.4 is 0 Å². The molecular formula is C21H28N2O4. The second-order valence-electron chi connectivity index (χ2n) is 7.77. The zero-order valence-electron chi connectivity index (χ0n) is 16.1. The first kappa shape index (κ1) is 19.4. The highest BCUT2D eigenvalue weighted by atomic mass is 16.5. The Bertz CT molecular complexity index is 705. The van der Waals surface area contributed by atoms with Gasteiger partial charge in [-0.1, -0.05) is 30.3 Å². The first-order valence-electron chi connectivity index (χ1n) is 9.70. The SMILES string of the molecule is CCOC(=O)[C@]1(C)CCN(C(=O)[C@@H]2CC(=O)N(CCc3ccccc3)C2)C1. The van der Waals surface area contributed by atoms with E-state index in [4.69, 9.17) is 4.74 Å². The van der Waals surface area contributed by atoms with Gasteiger partial charge in [0, 0.05) is 32.6 Å². The molecule has 2 aliphatic heterocycles. The number of amides is 2. The molecule has 0 radical (unpaired) electrons. The lowest BCUT2D eigenvalue weighted by molar-refractivity contribution is -0.154. The van der Waals surface area contributed by atoms with E-state index in [2.05, 4.69) is 0 Å². The first-order chi connectivity index (χ1) is 12.9. The van der Waals surface area contributed by atoms with Gasteiger partial charge in [-0.2, -0.15) is 0 Å². The van der Waals surface area contributed by atoms with E-state index in [0.717, 1.165) is 6.42 Å². The predicted molar refractivity (Wildman–Crippen MR) is 101 cm³/mol. The summed E-state index contributed by atoms with van der Waals surface area (Å²) in [5, 5.41) is 0. The van der Waals surface area contributed by atoms with Crippen LogP contribution >= 0.6 is 0 Å². The molecule has 0 bridgehead atoms. The molecule has 6 nitrogen and oxygen atoms in total. The highest BCUT2D eigenvalue weighted by Crippen LogP contribution is 2.33. The molecule has 0 unspecified atom stereocenters. The summed E-state index contributed by atoms with van der Waals surface area (Å²) >= 11 is 0. The van der Waals surface area contributed by atoms with E-state index in [1.807, 2.05) is 37.3 Å². The Morgan fingerprint density at radius 1 is 1.26 bits per heavy atom. The number of esters is 1. The van der Waals surface area contributed by atoms with Gasteiger partial charge < -0.3 is 14.5 Å². The molecule has 2 aliphatic rings. The molecule has 0 aromatic heterocycles. The van der Waals surface area contributed by atoms with Crippen LogP contribution in [0.2, 0.25) is 0 Å². The molecule has 3 rings (SSSR count). The van der Waals surface area contributed by atoms with Gasteiger partial charge in [0.1, 0.15) is 0 Å². The van der Waals surface area contributed by atoms with Crippen LogP contribution in [0.25, 0.3) is 0 Å². The molecule has 0 N–H and O–H groups in total. The van der Waals surface area contributed by atoms with Gasteiger partial charge in [0.25, 0.3) is 0 Å².